The van der Waals surface area contributed by atoms with Gasteiger partial charge in [-0.15, -0.1) is 0 Å². The zero-order valence-electron chi connectivity index (χ0n) is 21.0. The Bertz CT molecular complexity index is 1150. The molecule has 1 saturated heterocycles. The fourth-order valence-corrected chi connectivity index (χ4v) is 4.26. The Hall–Kier alpha value is -1.82. The van der Waals surface area contributed by atoms with Gasteiger partial charge in [0.1, 0.15) is 0 Å². The smallest absolute Gasteiger partial charge is 0.296 e. The molecule has 0 spiro atoms. The van der Waals surface area contributed by atoms with Crippen molar-refractivity contribution in [3.05, 3.63) is 59.7 Å². The van der Waals surface area contributed by atoms with Crippen LogP contribution in [0.4, 0.5) is 0 Å². The molecule has 8 nitrogen and oxygen atoms in total. The van der Waals surface area contributed by atoms with E-state index in [1.54, 1.807) is 13.8 Å². The summed E-state index contributed by atoms with van der Waals surface area (Å²) in [6.07, 6.45) is -1.75. The van der Waals surface area contributed by atoms with Gasteiger partial charge in [-0.3, -0.25) is 8.37 Å². The molecule has 2 aromatic rings. The van der Waals surface area contributed by atoms with Crippen molar-refractivity contribution in [2.75, 3.05) is 26.3 Å². The second-order valence-electron chi connectivity index (χ2n) is 6.95. The number of benzene rings is 2. The van der Waals surface area contributed by atoms with Gasteiger partial charge in [-0.2, -0.15) is 16.8 Å². The van der Waals surface area contributed by atoms with Crippen LogP contribution in [0.2, 0.25) is 0 Å². The summed E-state index contributed by atoms with van der Waals surface area (Å²) in [4.78, 5) is -0.533. The minimum atomic E-state index is -4.52. The van der Waals surface area contributed by atoms with Crippen LogP contribution in [0.1, 0.15) is 29.5 Å². The molecule has 0 amide bonds. The van der Waals surface area contributed by atoms with Crippen molar-refractivity contribution in [2.45, 2.75) is 42.3 Å². The monoisotopic (exact) mass is 474 g/mol. The van der Waals surface area contributed by atoms with E-state index < -0.39 is 52.0 Å². The Morgan fingerprint density at radius 3 is 1.48 bits per heavy atom. The average Bonchev–Trinajstić information content (AvgIpc) is 3.12. The summed E-state index contributed by atoms with van der Waals surface area (Å²) in [6, 6.07) is 11.2. The minimum absolute atomic E-state index is 0.0540. The Kier molecular flexibility index (Phi) is 5.90. The predicted molar refractivity (Wildman–Crippen MR) is 113 cm³/mol. The van der Waals surface area contributed by atoms with Gasteiger partial charge in [0.05, 0.1) is 41.6 Å². The van der Waals surface area contributed by atoms with Crippen molar-refractivity contribution in [2.24, 2.45) is 0 Å². The summed E-state index contributed by atoms with van der Waals surface area (Å²) in [5, 5.41) is 0. The van der Waals surface area contributed by atoms with E-state index in [0.29, 0.717) is 0 Å². The Morgan fingerprint density at radius 1 is 0.774 bits per heavy atom. The van der Waals surface area contributed by atoms with Gasteiger partial charge >= 0.3 is 0 Å². The molecule has 0 bridgehead atoms. The third-order valence-corrected chi connectivity index (χ3v) is 6.83. The van der Waals surface area contributed by atoms with Crippen LogP contribution in [-0.4, -0.2) is 49.0 Å². The topological polar surface area (TPSA) is 105 Å². The van der Waals surface area contributed by atoms with E-state index in [0.717, 1.165) is 11.1 Å². The standard InChI is InChI=1S/C21H26O8S2/c1-17-3-7-19(8-4-17)30(22,23)28-13-11-21(26-15-16-27-21)12-14-29-31(24,25)20-9-5-18(2)6-10-20/h3-10H,11-16H2,1-2H3/i13D2,14D2. The van der Waals surface area contributed by atoms with Crippen molar-refractivity contribution >= 4 is 20.2 Å². The summed E-state index contributed by atoms with van der Waals surface area (Å²) in [5.41, 5.74) is 1.59. The van der Waals surface area contributed by atoms with E-state index in [9.17, 15) is 16.8 Å². The Labute approximate surface area is 189 Å². The molecule has 1 aliphatic rings. The lowest BCUT2D eigenvalue weighted by Gasteiger charge is -2.27. The second kappa shape index (κ2) is 9.76. The number of ether oxygens (including phenoxy) is 2. The minimum Gasteiger partial charge on any atom is -0.347 e. The third-order valence-electron chi connectivity index (χ3n) is 4.45. The summed E-state index contributed by atoms with van der Waals surface area (Å²) >= 11 is 0. The van der Waals surface area contributed by atoms with Crippen LogP contribution in [0.15, 0.2) is 58.3 Å². The lowest BCUT2D eigenvalue weighted by Crippen LogP contribution is -2.34. The highest BCUT2D eigenvalue weighted by Gasteiger charge is 2.37. The van der Waals surface area contributed by atoms with Gasteiger partial charge in [0.2, 0.25) is 0 Å². The summed E-state index contributed by atoms with van der Waals surface area (Å²) in [7, 11) is -9.04. The number of rotatable bonds is 10. The molecule has 1 heterocycles. The highest BCUT2D eigenvalue weighted by molar-refractivity contribution is 7.87. The van der Waals surface area contributed by atoms with Crippen LogP contribution in [0.3, 0.4) is 0 Å². The van der Waals surface area contributed by atoms with E-state index in [-0.39, 0.29) is 23.0 Å². The van der Waals surface area contributed by atoms with E-state index in [1.165, 1.54) is 48.5 Å². The SMILES string of the molecule is [2H]C([2H])(CC1(CC([2H])([2H])OS(=O)(=O)c2ccc(C)cc2)OCCO1)OS(=O)(=O)c1ccc(C)cc1. The third kappa shape index (κ3) is 6.34. The normalized spacial score (nSPS) is 19.3. The van der Waals surface area contributed by atoms with Crippen molar-refractivity contribution in [1.82, 2.24) is 0 Å². The van der Waals surface area contributed by atoms with Gasteiger partial charge in [0.25, 0.3) is 20.2 Å². The lowest BCUT2D eigenvalue weighted by molar-refractivity contribution is -0.173. The molecule has 0 aromatic heterocycles. The molecule has 3 rings (SSSR count). The molecule has 170 valence electrons. The van der Waals surface area contributed by atoms with Crippen molar-refractivity contribution in [3.63, 3.8) is 0 Å². The predicted octanol–water partition coefficient (Wildman–Crippen LogP) is 2.94. The first-order valence-corrected chi connectivity index (χ1v) is 12.2. The van der Waals surface area contributed by atoms with Gasteiger partial charge in [0, 0.05) is 12.8 Å². The molecular weight excluding hydrogens is 444 g/mol. The molecule has 10 heteroatoms. The van der Waals surface area contributed by atoms with E-state index >= 15 is 0 Å². The zero-order chi connectivity index (χ0) is 26.1. The van der Waals surface area contributed by atoms with Crippen molar-refractivity contribution in [1.29, 1.82) is 0 Å². The lowest BCUT2D eigenvalue weighted by atomic mass is 10.1. The summed E-state index contributed by atoms with van der Waals surface area (Å²) in [6.45, 7) is -2.38. The first-order chi connectivity index (χ1) is 16.0. The second-order valence-corrected chi connectivity index (χ2v) is 10.0. The maximum Gasteiger partial charge on any atom is 0.296 e. The van der Waals surface area contributed by atoms with Crippen molar-refractivity contribution in [3.8, 4) is 0 Å². The van der Waals surface area contributed by atoms with Gasteiger partial charge in [0.15, 0.2) is 5.79 Å². The molecule has 31 heavy (non-hydrogen) atoms. The first-order valence-electron chi connectivity index (χ1n) is 11.4. The van der Waals surface area contributed by atoms with Crippen LogP contribution in [0, 0.1) is 13.8 Å². The highest BCUT2D eigenvalue weighted by atomic mass is 32.2. The average molecular weight is 475 g/mol. The van der Waals surface area contributed by atoms with E-state index in [2.05, 4.69) is 0 Å². The molecule has 2 aromatic carbocycles. The van der Waals surface area contributed by atoms with Crippen molar-refractivity contribution < 1.29 is 40.2 Å². The zero-order valence-corrected chi connectivity index (χ0v) is 18.7. The highest BCUT2D eigenvalue weighted by Crippen LogP contribution is 2.29. The van der Waals surface area contributed by atoms with Gasteiger partial charge < -0.3 is 9.47 Å². The largest absolute Gasteiger partial charge is 0.347 e. The van der Waals surface area contributed by atoms with Gasteiger partial charge in [-0.25, -0.2) is 0 Å². The fourth-order valence-electron chi connectivity index (χ4n) is 2.70. The number of hydrogen-bond acceptors (Lipinski definition) is 8. The molecule has 1 aliphatic heterocycles. The van der Waals surface area contributed by atoms with E-state index in [4.69, 9.17) is 23.3 Å². The molecule has 0 saturated carbocycles. The Morgan fingerprint density at radius 2 is 1.13 bits per heavy atom. The first kappa shape index (κ1) is 18.7. The Balaban J connectivity index is 1.78. The number of hydrogen-bond donors (Lipinski definition) is 0. The summed E-state index contributed by atoms with van der Waals surface area (Å²) in [5.74, 6) is -2.04. The molecule has 0 aliphatic carbocycles. The maximum absolute atomic E-state index is 12.6. The van der Waals surface area contributed by atoms with Crippen LogP contribution in [0.5, 0.6) is 0 Å². The molecule has 1 fully saturated rings. The number of aryl methyl sites for hydroxylation is 2. The maximum atomic E-state index is 12.6. The molecule has 0 unspecified atom stereocenters. The summed E-state index contributed by atoms with van der Waals surface area (Å²) < 4.78 is 103. The van der Waals surface area contributed by atoms with Crippen LogP contribution in [-0.2, 0) is 38.1 Å². The fraction of sp³-hybridized carbons (Fsp3) is 0.429. The molecule has 0 radical (unpaired) electrons. The van der Waals surface area contributed by atoms with Crippen LogP contribution < -0.4 is 0 Å². The van der Waals surface area contributed by atoms with Crippen LogP contribution >= 0.6 is 0 Å². The molecule has 0 atom stereocenters. The quantitative estimate of drug-likeness (QED) is 0.484. The molecule has 0 N–H and O–H groups in total. The van der Waals surface area contributed by atoms with Crippen LogP contribution in [0.25, 0.3) is 0 Å². The van der Waals surface area contributed by atoms with Gasteiger partial charge in [-0.05, 0) is 38.1 Å². The van der Waals surface area contributed by atoms with E-state index in [1.807, 2.05) is 0 Å². The van der Waals surface area contributed by atoms with Gasteiger partial charge in [-0.1, -0.05) is 35.4 Å². The molecular formula is C21H26O8S2.